The minimum atomic E-state index is -0.281. The van der Waals surface area contributed by atoms with Crippen LogP contribution in [0.1, 0.15) is 19.8 Å². The molecule has 0 radical (unpaired) electrons. The summed E-state index contributed by atoms with van der Waals surface area (Å²) in [7, 11) is 0. The van der Waals surface area contributed by atoms with E-state index in [1.165, 1.54) is 0 Å². The van der Waals surface area contributed by atoms with Gasteiger partial charge >= 0.3 is 0 Å². The van der Waals surface area contributed by atoms with Crippen LogP contribution in [0.4, 0.5) is 5.82 Å². The number of aromatic nitrogens is 1. The first kappa shape index (κ1) is 15.7. The lowest BCUT2D eigenvalue weighted by Crippen LogP contribution is -2.56. The molecule has 3 aliphatic heterocycles. The molecule has 0 N–H and O–H groups in total. The Morgan fingerprint density at radius 1 is 1.29 bits per heavy atom. The van der Waals surface area contributed by atoms with Gasteiger partial charge in [-0.25, -0.2) is 4.98 Å². The van der Waals surface area contributed by atoms with Gasteiger partial charge in [-0.2, -0.15) is 0 Å². The summed E-state index contributed by atoms with van der Waals surface area (Å²) in [6, 6.07) is 5.61. The van der Waals surface area contributed by atoms with Crippen molar-refractivity contribution in [1.82, 2.24) is 14.8 Å². The molecule has 7 heteroatoms. The molecule has 4 heterocycles. The van der Waals surface area contributed by atoms with Crippen molar-refractivity contribution in [2.75, 3.05) is 36.8 Å². The number of hydrogen-bond acceptors (Lipinski definition) is 5. The van der Waals surface area contributed by atoms with E-state index >= 15 is 0 Å². The Morgan fingerprint density at radius 2 is 2.08 bits per heavy atom. The van der Waals surface area contributed by atoms with E-state index in [9.17, 15) is 9.59 Å². The van der Waals surface area contributed by atoms with E-state index in [-0.39, 0.29) is 22.7 Å². The second-order valence-electron chi connectivity index (χ2n) is 6.77. The number of thioether (sulfide) groups is 1. The molecule has 0 aliphatic carbocycles. The highest BCUT2D eigenvalue weighted by molar-refractivity contribution is 8.01. The Morgan fingerprint density at radius 3 is 2.79 bits per heavy atom. The zero-order valence-corrected chi connectivity index (χ0v) is 14.7. The average molecular weight is 346 g/mol. The third-order valence-corrected chi connectivity index (χ3v) is 6.80. The minimum absolute atomic E-state index is 0.113. The molecule has 3 saturated heterocycles. The van der Waals surface area contributed by atoms with Gasteiger partial charge in [0.05, 0.1) is 4.87 Å². The van der Waals surface area contributed by atoms with Crippen LogP contribution in [-0.4, -0.2) is 69.4 Å². The Kier molecular flexibility index (Phi) is 3.90. The Labute approximate surface area is 146 Å². The van der Waals surface area contributed by atoms with Crippen LogP contribution in [0.5, 0.6) is 0 Å². The molecule has 2 atom stereocenters. The standard InChI is InChI=1S/C17H22N4O2S/c1-17-6-5-15(22)21(17)13(12-24-17)16(23)20-10-8-19(9-11-20)14-4-2-3-7-18-14/h2-4,7,13H,5-6,8-12H2,1H3/t13-,17+/m0/s1. The van der Waals surface area contributed by atoms with E-state index in [4.69, 9.17) is 0 Å². The quantitative estimate of drug-likeness (QED) is 0.805. The second-order valence-corrected chi connectivity index (χ2v) is 8.27. The molecule has 6 nitrogen and oxygen atoms in total. The van der Waals surface area contributed by atoms with Crippen LogP contribution >= 0.6 is 11.8 Å². The first-order valence-corrected chi connectivity index (χ1v) is 9.48. The fourth-order valence-electron chi connectivity index (χ4n) is 3.91. The summed E-state index contributed by atoms with van der Waals surface area (Å²) in [4.78, 5) is 35.4. The van der Waals surface area contributed by atoms with Gasteiger partial charge in [-0.05, 0) is 25.5 Å². The number of carbonyl (C=O) groups is 2. The van der Waals surface area contributed by atoms with Gasteiger partial charge in [-0.15, -0.1) is 11.8 Å². The minimum Gasteiger partial charge on any atom is -0.353 e. The molecular weight excluding hydrogens is 324 g/mol. The molecule has 1 aromatic rings. The Balaban J connectivity index is 1.41. The molecule has 128 valence electrons. The van der Waals surface area contributed by atoms with E-state index in [2.05, 4.69) is 16.8 Å². The van der Waals surface area contributed by atoms with Crippen LogP contribution in [0, 0.1) is 0 Å². The highest BCUT2D eigenvalue weighted by Crippen LogP contribution is 2.47. The first-order valence-electron chi connectivity index (χ1n) is 8.49. The van der Waals surface area contributed by atoms with Gasteiger partial charge in [0.15, 0.2) is 0 Å². The maximum Gasteiger partial charge on any atom is 0.246 e. The average Bonchev–Trinajstić information content (AvgIpc) is 3.11. The second kappa shape index (κ2) is 5.95. The smallest absolute Gasteiger partial charge is 0.246 e. The maximum absolute atomic E-state index is 13.0. The number of piperazine rings is 1. The van der Waals surface area contributed by atoms with Gasteiger partial charge in [-0.1, -0.05) is 6.07 Å². The zero-order chi connectivity index (χ0) is 16.7. The van der Waals surface area contributed by atoms with E-state index in [0.29, 0.717) is 19.5 Å². The van der Waals surface area contributed by atoms with E-state index in [0.717, 1.165) is 31.1 Å². The van der Waals surface area contributed by atoms with Crippen molar-refractivity contribution in [3.8, 4) is 0 Å². The number of anilines is 1. The van der Waals surface area contributed by atoms with Crippen LogP contribution in [0.3, 0.4) is 0 Å². The highest BCUT2D eigenvalue weighted by Gasteiger charge is 2.53. The summed E-state index contributed by atoms with van der Waals surface area (Å²) >= 11 is 1.75. The summed E-state index contributed by atoms with van der Waals surface area (Å²) in [5.74, 6) is 1.93. The normalized spacial score (nSPS) is 30.0. The fourth-order valence-corrected chi connectivity index (χ4v) is 5.33. The lowest BCUT2D eigenvalue weighted by atomic mass is 10.2. The first-order chi connectivity index (χ1) is 11.6. The SMILES string of the molecule is C[C@@]12CCC(=O)N1[C@H](C(=O)N1CCN(c3ccccn3)CC1)CS2. The van der Waals surface area contributed by atoms with Gasteiger partial charge in [0.2, 0.25) is 11.8 Å². The van der Waals surface area contributed by atoms with Crippen LogP contribution < -0.4 is 4.90 Å². The number of carbonyl (C=O) groups excluding carboxylic acids is 2. The summed E-state index contributed by atoms with van der Waals surface area (Å²) in [6.07, 6.45) is 3.22. The van der Waals surface area contributed by atoms with Gasteiger partial charge in [0.1, 0.15) is 11.9 Å². The number of fused-ring (bicyclic) bond motifs is 1. The molecule has 0 bridgehead atoms. The molecular formula is C17H22N4O2S. The maximum atomic E-state index is 13.0. The van der Waals surface area contributed by atoms with Gasteiger partial charge in [-0.3, -0.25) is 9.59 Å². The largest absolute Gasteiger partial charge is 0.353 e. The number of amides is 2. The van der Waals surface area contributed by atoms with Crippen molar-refractivity contribution >= 4 is 29.4 Å². The molecule has 2 amide bonds. The van der Waals surface area contributed by atoms with Crippen molar-refractivity contribution in [2.24, 2.45) is 0 Å². The zero-order valence-electron chi connectivity index (χ0n) is 13.9. The van der Waals surface area contributed by atoms with Crippen molar-refractivity contribution in [3.05, 3.63) is 24.4 Å². The predicted molar refractivity (Wildman–Crippen MR) is 93.8 cm³/mol. The molecule has 4 rings (SSSR count). The van der Waals surface area contributed by atoms with Crippen molar-refractivity contribution in [2.45, 2.75) is 30.7 Å². The molecule has 3 aliphatic rings. The van der Waals surface area contributed by atoms with Crippen molar-refractivity contribution in [1.29, 1.82) is 0 Å². The number of rotatable bonds is 2. The summed E-state index contributed by atoms with van der Waals surface area (Å²) in [5.41, 5.74) is 0. The number of hydrogen-bond donors (Lipinski definition) is 0. The molecule has 1 aromatic heterocycles. The molecule has 0 spiro atoms. The van der Waals surface area contributed by atoms with Crippen LogP contribution in [0.15, 0.2) is 24.4 Å². The lowest BCUT2D eigenvalue weighted by molar-refractivity contribution is -0.143. The van der Waals surface area contributed by atoms with Crippen molar-refractivity contribution in [3.63, 3.8) is 0 Å². The molecule has 3 fully saturated rings. The summed E-state index contributed by atoms with van der Waals surface area (Å²) in [5, 5.41) is 0. The van der Waals surface area contributed by atoms with Gasteiger partial charge < -0.3 is 14.7 Å². The molecule has 0 unspecified atom stereocenters. The third-order valence-electron chi connectivity index (χ3n) is 5.29. The van der Waals surface area contributed by atoms with Crippen LogP contribution in [0.25, 0.3) is 0 Å². The summed E-state index contributed by atoms with van der Waals surface area (Å²) < 4.78 is 0. The third kappa shape index (κ3) is 2.55. The molecule has 24 heavy (non-hydrogen) atoms. The fraction of sp³-hybridized carbons (Fsp3) is 0.588. The number of pyridine rings is 1. The van der Waals surface area contributed by atoms with E-state index < -0.39 is 0 Å². The Hall–Kier alpha value is -1.76. The van der Waals surface area contributed by atoms with Crippen LogP contribution in [0.2, 0.25) is 0 Å². The molecule has 0 saturated carbocycles. The lowest BCUT2D eigenvalue weighted by Gasteiger charge is -2.38. The van der Waals surface area contributed by atoms with Crippen LogP contribution in [-0.2, 0) is 9.59 Å². The topological polar surface area (TPSA) is 56.8 Å². The van der Waals surface area contributed by atoms with E-state index in [1.807, 2.05) is 28.0 Å². The molecule has 0 aromatic carbocycles. The van der Waals surface area contributed by atoms with Gasteiger partial charge in [0.25, 0.3) is 0 Å². The van der Waals surface area contributed by atoms with Crippen molar-refractivity contribution < 1.29 is 9.59 Å². The predicted octanol–water partition coefficient (Wildman–Crippen LogP) is 1.18. The van der Waals surface area contributed by atoms with Gasteiger partial charge in [0, 0.05) is 44.5 Å². The monoisotopic (exact) mass is 346 g/mol. The Bertz CT molecular complexity index is 647. The highest BCUT2D eigenvalue weighted by atomic mass is 32.2. The number of nitrogens with zero attached hydrogens (tertiary/aromatic N) is 4. The summed E-state index contributed by atoms with van der Waals surface area (Å²) in [6.45, 7) is 5.04. The van der Waals surface area contributed by atoms with E-state index in [1.54, 1.807) is 18.0 Å².